The number of hydrogen-bond donors (Lipinski definition) is 0. The van der Waals surface area contributed by atoms with Crippen molar-refractivity contribution in [2.24, 2.45) is 0 Å². The molecule has 1 saturated heterocycles. The topological polar surface area (TPSA) is 38.8 Å². The molecule has 0 N–H and O–H groups in total. The molecule has 0 unspecified atom stereocenters. The summed E-state index contributed by atoms with van der Waals surface area (Å²) in [5.74, 6) is -0.288. The first kappa shape index (κ1) is 12.2. The first-order valence-electron chi connectivity index (χ1n) is 5.30. The number of nitrogens with zero attached hydrogens (tertiary/aromatic N) is 1. The third-order valence-electron chi connectivity index (χ3n) is 2.60. The Labute approximate surface area is 90.8 Å². The van der Waals surface area contributed by atoms with Gasteiger partial charge in [-0.3, -0.25) is 4.90 Å². The molecular formula is C11H19NO3. The van der Waals surface area contributed by atoms with Crippen molar-refractivity contribution in [3.8, 4) is 0 Å². The van der Waals surface area contributed by atoms with E-state index < -0.39 is 0 Å². The van der Waals surface area contributed by atoms with Gasteiger partial charge in [-0.05, 0) is 13.3 Å². The fourth-order valence-electron chi connectivity index (χ4n) is 1.60. The largest absolute Gasteiger partial charge is 0.466 e. The van der Waals surface area contributed by atoms with Gasteiger partial charge in [0.05, 0.1) is 20.3 Å². The first-order valence-corrected chi connectivity index (χ1v) is 5.30. The highest BCUT2D eigenvalue weighted by Crippen LogP contribution is 2.07. The zero-order valence-corrected chi connectivity index (χ0v) is 9.44. The summed E-state index contributed by atoms with van der Waals surface area (Å²) in [5, 5.41) is 0. The Kier molecular flexibility index (Phi) is 5.36. The molecule has 0 aliphatic carbocycles. The zero-order valence-electron chi connectivity index (χ0n) is 9.44. The predicted molar refractivity (Wildman–Crippen MR) is 57.6 cm³/mol. The highest BCUT2D eigenvalue weighted by atomic mass is 16.5. The molecule has 86 valence electrons. The number of morpholine rings is 1. The van der Waals surface area contributed by atoms with Crippen LogP contribution in [-0.4, -0.2) is 50.3 Å². The minimum Gasteiger partial charge on any atom is -0.466 e. The quantitative estimate of drug-likeness (QED) is 0.512. The van der Waals surface area contributed by atoms with E-state index in [1.807, 2.05) is 6.08 Å². The van der Waals surface area contributed by atoms with Gasteiger partial charge in [0.25, 0.3) is 0 Å². The second-order valence-corrected chi connectivity index (χ2v) is 3.66. The van der Waals surface area contributed by atoms with E-state index in [2.05, 4.69) is 16.6 Å². The van der Waals surface area contributed by atoms with Crippen LogP contribution < -0.4 is 0 Å². The van der Waals surface area contributed by atoms with Crippen LogP contribution >= 0.6 is 0 Å². The van der Waals surface area contributed by atoms with Gasteiger partial charge in [-0.15, -0.1) is 0 Å². The predicted octanol–water partition coefficient (Wildman–Crippen LogP) is 0.826. The summed E-state index contributed by atoms with van der Waals surface area (Å²) in [7, 11) is 1.39. The van der Waals surface area contributed by atoms with Crippen LogP contribution in [0.1, 0.15) is 13.3 Å². The average Bonchev–Trinajstić information content (AvgIpc) is 2.29. The molecule has 1 rings (SSSR count). The van der Waals surface area contributed by atoms with Crippen molar-refractivity contribution in [2.75, 3.05) is 33.4 Å². The van der Waals surface area contributed by atoms with Crippen molar-refractivity contribution in [3.05, 3.63) is 12.2 Å². The molecule has 1 heterocycles. The first-order chi connectivity index (χ1) is 7.24. The molecule has 0 saturated carbocycles. The van der Waals surface area contributed by atoms with E-state index in [-0.39, 0.29) is 5.97 Å². The number of methoxy groups -OCH3 is 1. The molecule has 1 atom stereocenters. The summed E-state index contributed by atoms with van der Waals surface area (Å²) in [6.07, 6.45) is 4.22. The van der Waals surface area contributed by atoms with Gasteiger partial charge in [-0.25, -0.2) is 4.79 Å². The second kappa shape index (κ2) is 6.58. The summed E-state index contributed by atoms with van der Waals surface area (Å²) >= 11 is 0. The molecule has 0 radical (unpaired) electrons. The molecule has 0 aromatic carbocycles. The van der Waals surface area contributed by atoms with E-state index in [1.54, 1.807) is 0 Å². The summed E-state index contributed by atoms with van der Waals surface area (Å²) < 4.78 is 9.79. The fourth-order valence-corrected chi connectivity index (χ4v) is 1.60. The molecule has 4 heteroatoms. The van der Waals surface area contributed by atoms with Crippen LogP contribution in [0.25, 0.3) is 0 Å². The molecule has 0 aromatic heterocycles. The van der Waals surface area contributed by atoms with E-state index in [0.717, 1.165) is 32.7 Å². The molecule has 1 fully saturated rings. The average molecular weight is 213 g/mol. The molecule has 0 amide bonds. The Morgan fingerprint density at radius 2 is 2.20 bits per heavy atom. The Morgan fingerprint density at radius 3 is 2.80 bits per heavy atom. The Balaban J connectivity index is 2.25. The van der Waals surface area contributed by atoms with E-state index in [0.29, 0.717) is 6.04 Å². The van der Waals surface area contributed by atoms with E-state index in [1.165, 1.54) is 13.2 Å². The lowest BCUT2D eigenvalue weighted by atomic mass is 10.2. The Morgan fingerprint density at radius 1 is 1.53 bits per heavy atom. The van der Waals surface area contributed by atoms with E-state index >= 15 is 0 Å². The molecule has 1 aliphatic rings. The smallest absolute Gasteiger partial charge is 0.330 e. The van der Waals surface area contributed by atoms with E-state index in [4.69, 9.17) is 4.74 Å². The summed E-state index contributed by atoms with van der Waals surface area (Å²) in [4.78, 5) is 13.2. The van der Waals surface area contributed by atoms with Gasteiger partial charge >= 0.3 is 5.97 Å². The van der Waals surface area contributed by atoms with Gasteiger partial charge < -0.3 is 9.47 Å². The Bertz CT molecular complexity index is 222. The van der Waals surface area contributed by atoms with E-state index in [9.17, 15) is 4.79 Å². The van der Waals surface area contributed by atoms with Crippen LogP contribution in [0.3, 0.4) is 0 Å². The van der Waals surface area contributed by atoms with Gasteiger partial charge in [-0.2, -0.15) is 0 Å². The molecule has 15 heavy (non-hydrogen) atoms. The lowest BCUT2D eigenvalue weighted by molar-refractivity contribution is -0.134. The molecular weight excluding hydrogens is 194 g/mol. The van der Waals surface area contributed by atoms with Crippen LogP contribution in [0.4, 0.5) is 0 Å². The molecule has 0 aromatic rings. The highest BCUT2D eigenvalue weighted by Gasteiger charge is 2.15. The number of carbonyl (C=O) groups is 1. The lowest BCUT2D eigenvalue weighted by Crippen LogP contribution is -2.41. The van der Waals surface area contributed by atoms with Crippen LogP contribution in [0, 0.1) is 0 Å². The minimum absolute atomic E-state index is 0.288. The maximum Gasteiger partial charge on any atom is 0.330 e. The third kappa shape index (κ3) is 4.44. The normalized spacial score (nSPS) is 20.4. The monoisotopic (exact) mass is 213 g/mol. The number of ether oxygens (including phenoxy) is 2. The standard InChI is InChI=1S/C11H19NO3/c1-10(4-3-5-11(13)14-2)12-6-8-15-9-7-12/h3,5,10H,4,6-9H2,1-2H3/b5-3+/t10-/m0/s1. The maximum atomic E-state index is 10.8. The number of rotatable bonds is 4. The van der Waals surface area contributed by atoms with Gasteiger partial charge in [0, 0.05) is 25.2 Å². The van der Waals surface area contributed by atoms with Crippen molar-refractivity contribution >= 4 is 5.97 Å². The van der Waals surface area contributed by atoms with Gasteiger partial charge in [0.2, 0.25) is 0 Å². The van der Waals surface area contributed by atoms with Crippen molar-refractivity contribution in [3.63, 3.8) is 0 Å². The number of carbonyl (C=O) groups excluding carboxylic acids is 1. The second-order valence-electron chi connectivity index (χ2n) is 3.66. The maximum absolute atomic E-state index is 10.8. The molecule has 1 aliphatic heterocycles. The van der Waals surface area contributed by atoms with Crippen molar-refractivity contribution < 1.29 is 14.3 Å². The van der Waals surface area contributed by atoms with Crippen molar-refractivity contribution in [1.29, 1.82) is 0 Å². The van der Waals surface area contributed by atoms with Crippen molar-refractivity contribution in [1.82, 2.24) is 4.90 Å². The number of hydrogen-bond acceptors (Lipinski definition) is 4. The van der Waals surface area contributed by atoms with Crippen molar-refractivity contribution in [2.45, 2.75) is 19.4 Å². The molecule has 0 bridgehead atoms. The summed E-state index contributed by atoms with van der Waals surface area (Å²) in [6.45, 7) is 5.74. The lowest BCUT2D eigenvalue weighted by Gasteiger charge is -2.31. The minimum atomic E-state index is -0.288. The molecule has 0 spiro atoms. The third-order valence-corrected chi connectivity index (χ3v) is 2.60. The molecule has 4 nitrogen and oxygen atoms in total. The Hall–Kier alpha value is -0.870. The van der Waals surface area contributed by atoms with Gasteiger partial charge in [0.1, 0.15) is 0 Å². The fraction of sp³-hybridized carbons (Fsp3) is 0.727. The van der Waals surface area contributed by atoms with Crippen LogP contribution in [0.5, 0.6) is 0 Å². The number of esters is 1. The highest BCUT2D eigenvalue weighted by molar-refractivity contribution is 5.81. The SMILES string of the molecule is COC(=O)/C=C/C[C@H](C)N1CCOCC1. The van der Waals surface area contributed by atoms with Crippen LogP contribution in [-0.2, 0) is 14.3 Å². The summed E-state index contributed by atoms with van der Waals surface area (Å²) in [5.41, 5.74) is 0. The van der Waals surface area contributed by atoms with Gasteiger partial charge in [-0.1, -0.05) is 6.08 Å². The van der Waals surface area contributed by atoms with Gasteiger partial charge in [0.15, 0.2) is 0 Å². The van der Waals surface area contributed by atoms with Crippen LogP contribution in [0.15, 0.2) is 12.2 Å². The zero-order chi connectivity index (χ0) is 11.1. The summed E-state index contributed by atoms with van der Waals surface area (Å²) in [6, 6.07) is 0.454. The van der Waals surface area contributed by atoms with Crippen LogP contribution in [0.2, 0.25) is 0 Å².